The van der Waals surface area contributed by atoms with Gasteiger partial charge in [0.1, 0.15) is 5.82 Å². The number of nitrogens with one attached hydrogen (secondary N) is 1. The largest absolute Gasteiger partial charge is 0.368 e. The maximum Gasteiger partial charge on any atom is 0.254 e. The summed E-state index contributed by atoms with van der Waals surface area (Å²) in [5, 5.41) is 2.90. The molecular formula is C19H24FN5O. The van der Waals surface area contributed by atoms with Gasteiger partial charge >= 0.3 is 0 Å². The fourth-order valence-corrected chi connectivity index (χ4v) is 2.83. The molecule has 1 aromatic heterocycles. The molecule has 0 atom stereocenters. The van der Waals surface area contributed by atoms with Crippen molar-refractivity contribution in [1.82, 2.24) is 15.3 Å². The van der Waals surface area contributed by atoms with Crippen LogP contribution in [0.15, 0.2) is 36.7 Å². The Kier molecular flexibility index (Phi) is 5.06. The van der Waals surface area contributed by atoms with Gasteiger partial charge < -0.3 is 15.1 Å². The molecule has 2 aromatic rings. The number of hydrogen-bond acceptors (Lipinski definition) is 5. The quantitative estimate of drug-likeness (QED) is 0.914. The van der Waals surface area contributed by atoms with E-state index in [2.05, 4.69) is 25.1 Å². The number of amides is 1. The molecule has 1 aliphatic rings. The fourth-order valence-electron chi connectivity index (χ4n) is 2.83. The normalized spacial score (nSPS) is 15.1. The van der Waals surface area contributed by atoms with Crippen molar-refractivity contribution in [3.63, 3.8) is 0 Å². The van der Waals surface area contributed by atoms with Crippen molar-refractivity contribution < 1.29 is 9.18 Å². The molecule has 3 rings (SSSR count). The predicted molar refractivity (Wildman–Crippen MR) is 100 cm³/mol. The molecule has 0 aliphatic carbocycles. The number of piperazine rings is 1. The van der Waals surface area contributed by atoms with Gasteiger partial charge in [-0.15, -0.1) is 0 Å². The Balaban J connectivity index is 1.59. The van der Waals surface area contributed by atoms with Crippen LogP contribution in [-0.4, -0.2) is 47.6 Å². The molecule has 6 nitrogen and oxygen atoms in total. The summed E-state index contributed by atoms with van der Waals surface area (Å²) in [7, 11) is 0. The Morgan fingerprint density at radius 1 is 1.00 bits per heavy atom. The highest BCUT2D eigenvalue weighted by molar-refractivity contribution is 5.94. The zero-order valence-electron chi connectivity index (χ0n) is 15.4. The summed E-state index contributed by atoms with van der Waals surface area (Å²) in [6.07, 6.45) is 3.13. The average molecular weight is 357 g/mol. The first-order chi connectivity index (χ1) is 12.3. The lowest BCUT2D eigenvalue weighted by molar-refractivity contribution is 0.0919. The minimum atomic E-state index is -0.299. The first-order valence-electron chi connectivity index (χ1n) is 8.72. The maximum absolute atomic E-state index is 13.0. The van der Waals surface area contributed by atoms with Crippen LogP contribution in [0.3, 0.4) is 0 Å². The van der Waals surface area contributed by atoms with Gasteiger partial charge in [-0.1, -0.05) is 0 Å². The zero-order valence-corrected chi connectivity index (χ0v) is 15.4. The zero-order chi connectivity index (χ0) is 18.7. The molecule has 138 valence electrons. The van der Waals surface area contributed by atoms with E-state index in [9.17, 15) is 9.18 Å². The van der Waals surface area contributed by atoms with Crippen LogP contribution in [0.5, 0.6) is 0 Å². The van der Waals surface area contributed by atoms with Crippen molar-refractivity contribution in [2.75, 3.05) is 36.0 Å². The number of halogens is 1. The molecule has 2 heterocycles. The second-order valence-electron chi connectivity index (χ2n) is 7.43. The number of benzene rings is 1. The van der Waals surface area contributed by atoms with Crippen molar-refractivity contribution in [3.8, 4) is 0 Å². The van der Waals surface area contributed by atoms with Crippen LogP contribution >= 0.6 is 0 Å². The highest BCUT2D eigenvalue weighted by Gasteiger charge is 2.20. The summed E-state index contributed by atoms with van der Waals surface area (Å²) in [6, 6.07) is 6.55. The first-order valence-corrected chi connectivity index (χ1v) is 8.72. The van der Waals surface area contributed by atoms with Crippen LogP contribution in [0.4, 0.5) is 16.0 Å². The third-order valence-corrected chi connectivity index (χ3v) is 4.14. The van der Waals surface area contributed by atoms with Gasteiger partial charge in [-0.3, -0.25) is 4.79 Å². The van der Waals surface area contributed by atoms with E-state index in [-0.39, 0.29) is 17.3 Å². The van der Waals surface area contributed by atoms with E-state index in [1.165, 1.54) is 12.1 Å². The second-order valence-corrected chi connectivity index (χ2v) is 7.43. The molecule has 1 aliphatic heterocycles. The van der Waals surface area contributed by atoms with Crippen LogP contribution in [0.25, 0.3) is 0 Å². The molecule has 0 spiro atoms. The van der Waals surface area contributed by atoms with Crippen LogP contribution in [0.2, 0.25) is 0 Å². The molecule has 1 N–H and O–H groups in total. The van der Waals surface area contributed by atoms with E-state index < -0.39 is 0 Å². The van der Waals surface area contributed by atoms with Crippen LogP contribution in [-0.2, 0) is 0 Å². The van der Waals surface area contributed by atoms with Gasteiger partial charge in [0.25, 0.3) is 5.91 Å². The number of carbonyl (C=O) groups excluding carboxylic acids is 1. The molecule has 0 saturated carbocycles. The van der Waals surface area contributed by atoms with Gasteiger partial charge in [0, 0.05) is 49.8 Å². The predicted octanol–water partition coefficient (Wildman–Crippen LogP) is 2.47. The van der Waals surface area contributed by atoms with Gasteiger partial charge in [0.05, 0.1) is 5.56 Å². The lowest BCUT2D eigenvalue weighted by Gasteiger charge is -2.36. The Hall–Kier alpha value is -2.70. The highest BCUT2D eigenvalue weighted by atomic mass is 19.1. The molecule has 26 heavy (non-hydrogen) atoms. The molecule has 1 amide bonds. The van der Waals surface area contributed by atoms with E-state index in [0.717, 1.165) is 31.9 Å². The monoisotopic (exact) mass is 357 g/mol. The summed E-state index contributed by atoms with van der Waals surface area (Å²) in [4.78, 5) is 25.1. The number of aromatic nitrogens is 2. The van der Waals surface area contributed by atoms with Crippen LogP contribution in [0, 0.1) is 5.82 Å². The number of rotatable bonds is 3. The third-order valence-electron chi connectivity index (χ3n) is 4.14. The van der Waals surface area contributed by atoms with Gasteiger partial charge in [0.15, 0.2) is 0 Å². The van der Waals surface area contributed by atoms with E-state index >= 15 is 0 Å². The lowest BCUT2D eigenvalue weighted by atomic mass is 10.1. The van der Waals surface area contributed by atoms with Gasteiger partial charge in [0.2, 0.25) is 5.95 Å². The summed E-state index contributed by atoms with van der Waals surface area (Å²) >= 11 is 0. The SMILES string of the molecule is CC(C)(C)NC(=O)c1cnc(N2CCN(c3ccc(F)cc3)CC2)nc1. The minimum absolute atomic E-state index is 0.176. The molecular weight excluding hydrogens is 333 g/mol. The lowest BCUT2D eigenvalue weighted by Crippen LogP contribution is -2.47. The summed E-state index contributed by atoms with van der Waals surface area (Å²) in [6.45, 7) is 8.94. The number of anilines is 2. The molecule has 0 radical (unpaired) electrons. The molecule has 0 unspecified atom stereocenters. The van der Waals surface area contributed by atoms with Crippen molar-refractivity contribution in [2.45, 2.75) is 26.3 Å². The van der Waals surface area contributed by atoms with Crippen LogP contribution in [0.1, 0.15) is 31.1 Å². The van der Waals surface area contributed by atoms with Crippen LogP contribution < -0.4 is 15.1 Å². The number of nitrogens with zero attached hydrogens (tertiary/aromatic N) is 4. The van der Waals surface area contributed by atoms with E-state index in [0.29, 0.717) is 11.5 Å². The van der Waals surface area contributed by atoms with Crippen molar-refractivity contribution >= 4 is 17.5 Å². The van der Waals surface area contributed by atoms with Crippen molar-refractivity contribution in [1.29, 1.82) is 0 Å². The topological polar surface area (TPSA) is 61.4 Å². The van der Waals surface area contributed by atoms with E-state index in [1.54, 1.807) is 24.5 Å². The second kappa shape index (κ2) is 7.27. The van der Waals surface area contributed by atoms with Crippen molar-refractivity contribution in [2.24, 2.45) is 0 Å². The number of hydrogen-bond donors (Lipinski definition) is 1. The standard InChI is InChI=1S/C19H24FN5O/c1-19(2,3)23-17(26)14-12-21-18(22-13-14)25-10-8-24(9-11-25)16-6-4-15(20)5-7-16/h4-7,12-13H,8-11H2,1-3H3,(H,23,26). The third kappa shape index (κ3) is 4.47. The van der Waals surface area contributed by atoms with E-state index in [1.807, 2.05) is 20.8 Å². The molecule has 7 heteroatoms. The van der Waals surface area contributed by atoms with E-state index in [4.69, 9.17) is 0 Å². The van der Waals surface area contributed by atoms with Crippen molar-refractivity contribution in [3.05, 3.63) is 48.0 Å². The molecule has 1 fully saturated rings. The first kappa shape index (κ1) is 18.1. The fraction of sp³-hybridized carbons (Fsp3) is 0.421. The minimum Gasteiger partial charge on any atom is -0.368 e. The van der Waals surface area contributed by atoms with Gasteiger partial charge in [-0.2, -0.15) is 0 Å². The summed E-state index contributed by atoms with van der Waals surface area (Å²) in [5.74, 6) is 0.220. The Bertz CT molecular complexity index is 747. The Morgan fingerprint density at radius 3 is 2.08 bits per heavy atom. The van der Waals surface area contributed by atoms with Gasteiger partial charge in [-0.25, -0.2) is 14.4 Å². The number of carbonyl (C=O) groups is 1. The summed E-state index contributed by atoms with van der Waals surface area (Å²) in [5.41, 5.74) is 1.17. The average Bonchev–Trinajstić information content (AvgIpc) is 2.61. The molecule has 0 bridgehead atoms. The molecule has 1 saturated heterocycles. The summed E-state index contributed by atoms with van der Waals surface area (Å²) < 4.78 is 13.0. The van der Waals surface area contributed by atoms with Gasteiger partial charge in [-0.05, 0) is 45.0 Å². The smallest absolute Gasteiger partial charge is 0.254 e. The maximum atomic E-state index is 13.0. The highest BCUT2D eigenvalue weighted by Crippen LogP contribution is 2.18. The Morgan fingerprint density at radius 2 is 1.54 bits per heavy atom. The Labute approximate surface area is 153 Å². The molecule has 1 aromatic carbocycles.